The molecule has 0 radical (unpaired) electrons. The van der Waals surface area contributed by atoms with Gasteiger partial charge in [-0.1, -0.05) is 25.6 Å². The second-order valence-electron chi connectivity index (χ2n) is 6.17. The summed E-state index contributed by atoms with van der Waals surface area (Å²) < 4.78 is 38.8. The number of amides is 1. The zero-order valence-corrected chi connectivity index (χ0v) is 16.2. The summed E-state index contributed by atoms with van der Waals surface area (Å²) >= 11 is 1.44. The summed E-state index contributed by atoms with van der Waals surface area (Å²) in [6.07, 6.45) is 0. The first-order valence-electron chi connectivity index (χ1n) is 8.27. The van der Waals surface area contributed by atoms with Crippen molar-refractivity contribution in [2.45, 2.75) is 24.8 Å². The van der Waals surface area contributed by atoms with E-state index in [1.54, 1.807) is 19.9 Å². The molecule has 8 nitrogen and oxygen atoms in total. The molecule has 0 aliphatic carbocycles. The lowest BCUT2D eigenvalue weighted by atomic mass is 10.1. The van der Waals surface area contributed by atoms with Gasteiger partial charge in [-0.05, 0) is 18.1 Å². The number of amidine groups is 1. The molecule has 0 bridgehead atoms. The number of aliphatic imine (C=N–C) groups is 1. The zero-order valence-electron chi connectivity index (χ0n) is 14.5. The highest BCUT2D eigenvalue weighted by Gasteiger charge is 2.30. The number of rotatable bonds is 5. The lowest BCUT2D eigenvalue weighted by Crippen LogP contribution is -2.50. The van der Waals surface area contributed by atoms with Crippen LogP contribution < -0.4 is 19.5 Å². The summed E-state index contributed by atoms with van der Waals surface area (Å²) in [4.78, 5) is 16.7. The van der Waals surface area contributed by atoms with E-state index in [1.807, 2.05) is 0 Å². The van der Waals surface area contributed by atoms with Gasteiger partial charge in [0, 0.05) is 11.8 Å². The molecule has 3 rings (SSSR count). The Morgan fingerprint density at radius 2 is 1.96 bits per heavy atom. The molecule has 1 aromatic rings. The fourth-order valence-corrected chi connectivity index (χ4v) is 4.60. The lowest BCUT2D eigenvalue weighted by molar-refractivity contribution is -0.122. The standard InChI is InChI=1S/C16H21N3O5S2/c1-10(2)14(15(20)18-16-17-5-8-25-16)19-26(21,22)11-3-4-12-13(9-11)24-7-6-23-12/h3-4,9-10,14,19H,5-8H2,1-2H3,(H,17,18,20). The number of fused-ring (bicyclic) bond motifs is 1. The monoisotopic (exact) mass is 399 g/mol. The third-order valence-electron chi connectivity index (χ3n) is 3.87. The summed E-state index contributed by atoms with van der Waals surface area (Å²) in [6.45, 7) is 4.99. The molecular weight excluding hydrogens is 378 g/mol. The Kier molecular flexibility index (Phi) is 5.73. The molecular formula is C16H21N3O5S2. The number of sulfonamides is 1. The summed E-state index contributed by atoms with van der Waals surface area (Å²) in [5.74, 6) is 1.03. The van der Waals surface area contributed by atoms with E-state index >= 15 is 0 Å². The van der Waals surface area contributed by atoms with E-state index in [4.69, 9.17) is 9.47 Å². The molecule has 0 saturated heterocycles. The van der Waals surface area contributed by atoms with Crippen molar-refractivity contribution in [2.24, 2.45) is 10.9 Å². The molecule has 2 N–H and O–H groups in total. The van der Waals surface area contributed by atoms with Gasteiger partial charge in [-0.3, -0.25) is 9.79 Å². The van der Waals surface area contributed by atoms with E-state index in [1.165, 1.54) is 23.9 Å². The van der Waals surface area contributed by atoms with Crippen LogP contribution in [0.2, 0.25) is 0 Å². The van der Waals surface area contributed by atoms with Crippen molar-refractivity contribution in [3.05, 3.63) is 18.2 Å². The van der Waals surface area contributed by atoms with E-state index in [0.717, 1.165) is 5.75 Å². The van der Waals surface area contributed by atoms with E-state index < -0.39 is 22.0 Å². The largest absolute Gasteiger partial charge is 0.486 e. The number of hydrogen-bond donors (Lipinski definition) is 2. The van der Waals surface area contributed by atoms with Crippen molar-refractivity contribution in [1.82, 2.24) is 10.0 Å². The van der Waals surface area contributed by atoms with Gasteiger partial charge in [-0.25, -0.2) is 8.42 Å². The minimum Gasteiger partial charge on any atom is -0.486 e. The fourth-order valence-electron chi connectivity index (χ4n) is 2.51. The maximum absolute atomic E-state index is 12.8. The summed E-state index contributed by atoms with van der Waals surface area (Å²) in [7, 11) is -3.91. The van der Waals surface area contributed by atoms with Crippen LogP contribution in [-0.2, 0) is 14.8 Å². The number of carbonyl (C=O) groups excluding carboxylic acids is 1. The highest BCUT2D eigenvalue weighted by molar-refractivity contribution is 8.14. The molecule has 0 saturated carbocycles. The van der Waals surface area contributed by atoms with Crippen LogP contribution in [0.1, 0.15) is 13.8 Å². The van der Waals surface area contributed by atoms with E-state index in [2.05, 4.69) is 15.0 Å². The fraction of sp³-hybridized carbons (Fsp3) is 0.500. The number of nitrogens with one attached hydrogen (secondary N) is 2. The van der Waals surface area contributed by atoms with Crippen LogP contribution in [0.4, 0.5) is 0 Å². The zero-order chi connectivity index (χ0) is 18.7. The van der Waals surface area contributed by atoms with Gasteiger partial charge in [-0.2, -0.15) is 4.72 Å². The first-order valence-corrected chi connectivity index (χ1v) is 10.7. The predicted molar refractivity (Wildman–Crippen MR) is 99.3 cm³/mol. The molecule has 142 valence electrons. The number of benzene rings is 1. The number of hydrogen-bond acceptors (Lipinski definition) is 7. The minimum absolute atomic E-state index is 0.0211. The first-order chi connectivity index (χ1) is 12.4. The molecule has 1 atom stereocenters. The molecule has 2 aliphatic rings. The van der Waals surface area contributed by atoms with Crippen LogP contribution in [0.5, 0.6) is 11.5 Å². The summed E-state index contributed by atoms with van der Waals surface area (Å²) in [5.41, 5.74) is 0. The van der Waals surface area contributed by atoms with Crippen LogP contribution in [0.3, 0.4) is 0 Å². The molecule has 1 aromatic carbocycles. The normalized spacial score (nSPS) is 17.7. The highest BCUT2D eigenvalue weighted by atomic mass is 32.2. The molecule has 2 heterocycles. The number of ether oxygens (including phenoxy) is 2. The van der Waals surface area contributed by atoms with Crippen LogP contribution in [0.25, 0.3) is 0 Å². The maximum Gasteiger partial charge on any atom is 0.244 e. The van der Waals surface area contributed by atoms with Crippen LogP contribution >= 0.6 is 11.8 Å². The summed E-state index contributed by atoms with van der Waals surface area (Å²) in [6, 6.07) is 3.47. The van der Waals surface area contributed by atoms with E-state index in [0.29, 0.717) is 36.4 Å². The Hall–Kier alpha value is -1.78. The van der Waals surface area contributed by atoms with Crippen molar-refractivity contribution in [2.75, 3.05) is 25.5 Å². The Morgan fingerprint density at radius 3 is 2.62 bits per heavy atom. The van der Waals surface area contributed by atoms with Crippen molar-refractivity contribution >= 4 is 32.9 Å². The molecule has 10 heteroatoms. The number of nitrogens with zero attached hydrogens (tertiary/aromatic N) is 1. The molecule has 1 unspecified atom stereocenters. The average molecular weight is 399 g/mol. The van der Waals surface area contributed by atoms with Gasteiger partial charge in [0.1, 0.15) is 19.3 Å². The van der Waals surface area contributed by atoms with Crippen molar-refractivity contribution in [3.8, 4) is 11.5 Å². The van der Waals surface area contributed by atoms with Crippen molar-refractivity contribution in [3.63, 3.8) is 0 Å². The average Bonchev–Trinajstić information content (AvgIpc) is 3.12. The van der Waals surface area contributed by atoms with E-state index in [9.17, 15) is 13.2 Å². The Balaban J connectivity index is 1.77. The van der Waals surface area contributed by atoms with Crippen molar-refractivity contribution < 1.29 is 22.7 Å². The Morgan fingerprint density at radius 1 is 1.23 bits per heavy atom. The van der Waals surface area contributed by atoms with Crippen molar-refractivity contribution in [1.29, 1.82) is 0 Å². The lowest BCUT2D eigenvalue weighted by Gasteiger charge is -2.22. The minimum atomic E-state index is -3.91. The number of carbonyl (C=O) groups is 1. The Bertz CT molecular complexity index is 823. The van der Waals surface area contributed by atoms with Gasteiger partial charge >= 0.3 is 0 Å². The van der Waals surface area contributed by atoms with Gasteiger partial charge in [-0.15, -0.1) is 0 Å². The molecule has 0 aromatic heterocycles. The molecule has 0 fully saturated rings. The molecule has 0 spiro atoms. The highest BCUT2D eigenvalue weighted by Crippen LogP contribution is 2.32. The molecule has 26 heavy (non-hydrogen) atoms. The van der Waals surface area contributed by atoms with Gasteiger partial charge in [0.25, 0.3) is 0 Å². The first kappa shape index (κ1) is 19.0. The smallest absolute Gasteiger partial charge is 0.244 e. The maximum atomic E-state index is 12.8. The van der Waals surface area contributed by atoms with E-state index in [-0.39, 0.29) is 10.8 Å². The van der Waals surface area contributed by atoms with Crippen LogP contribution in [0, 0.1) is 5.92 Å². The van der Waals surface area contributed by atoms with Crippen LogP contribution in [0.15, 0.2) is 28.1 Å². The second kappa shape index (κ2) is 7.85. The second-order valence-corrected chi connectivity index (χ2v) is 8.97. The third-order valence-corrected chi connectivity index (χ3v) is 6.20. The SMILES string of the molecule is CC(C)C(NS(=O)(=O)c1ccc2c(c1)OCCO2)C(=O)NC1=NCCS1. The topological polar surface area (TPSA) is 106 Å². The van der Waals surface area contributed by atoms with Gasteiger partial charge < -0.3 is 14.8 Å². The number of thioether (sulfide) groups is 1. The summed E-state index contributed by atoms with van der Waals surface area (Å²) in [5, 5.41) is 3.21. The quantitative estimate of drug-likeness (QED) is 0.765. The third kappa shape index (κ3) is 4.30. The van der Waals surface area contributed by atoms with Crippen LogP contribution in [-0.4, -0.2) is 51.0 Å². The van der Waals surface area contributed by atoms with Gasteiger partial charge in [0.05, 0.1) is 11.4 Å². The van der Waals surface area contributed by atoms with Gasteiger partial charge in [0.2, 0.25) is 15.9 Å². The predicted octanol–water partition coefficient (Wildman–Crippen LogP) is 0.980. The molecule has 2 aliphatic heterocycles. The molecule has 1 amide bonds. The van der Waals surface area contributed by atoms with Gasteiger partial charge in [0.15, 0.2) is 16.7 Å². The Labute approximate surface area is 156 Å².